The third-order valence-electron chi connectivity index (χ3n) is 9.05. The van der Waals surface area contributed by atoms with E-state index in [4.69, 9.17) is 4.98 Å². The number of pyridine rings is 2. The molecule has 2 aromatic carbocycles. The standard InChI is InChI=1S/C26H25N2.C13H24O2.Ir/c1-25(2,3)13-16-8-7-11-22-19(16)12-20-24(28-22)18-10-6-9-17-14-27-15-21(23(17)18)26(20,4)5;1-5-10(6-2)12(14)9-13(15)11(7-3)8-4;/h6-9,11-12,14-15H,13H2,1-5H3;9-11,14H,5-8H2,1-4H3;/q-1;;/b;12-9-;. The van der Waals surface area contributed by atoms with Crippen molar-refractivity contribution < 1.29 is 30.0 Å². The van der Waals surface area contributed by atoms with Gasteiger partial charge in [-0.2, -0.15) is 0 Å². The quantitative estimate of drug-likeness (QED) is 0.110. The van der Waals surface area contributed by atoms with Gasteiger partial charge in [-0.3, -0.25) is 14.8 Å². The second kappa shape index (κ2) is 14.5. The van der Waals surface area contributed by atoms with Crippen molar-refractivity contribution in [3.8, 4) is 11.3 Å². The molecule has 1 aliphatic rings. The van der Waals surface area contributed by atoms with Gasteiger partial charge < -0.3 is 5.11 Å². The van der Waals surface area contributed by atoms with E-state index in [1.54, 1.807) is 0 Å². The van der Waals surface area contributed by atoms with Crippen LogP contribution in [0.25, 0.3) is 32.9 Å². The van der Waals surface area contributed by atoms with Crippen LogP contribution in [-0.4, -0.2) is 20.9 Å². The molecular formula is C39H49IrN2O2-. The van der Waals surface area contributed by atoms with Gasteiger partial charge in [-0.1, -0.05) is 102 Å². The molecule has 44 heavy (non-hydrogen) atoms. The van der Waals surface area contributed by atoms with E-state index in [0.29, 0.717) is 0 Å². The van der Waals surface area contributed by atoms with Gasteiger partial charge in [0.2, 0.25) is 0 Å². The Morgan fingerprint density at radius 3 is 2.25 bits per heavy atom. The Morgan fingerprint density at radius 2 is 1.64 bits per heavy atom. The van der Waals surface area contributed by atoms with Gasteiger partial charge in [0.05, 0.1) is 11.3 Å². The molecule has 4 aromatic rings. The summed E-state index contributed by atoms with van der Waals surface area (Å²) >= 11 is 0. The van der Waals surface area contributed by atoms with E-state index in [1.165, 1.54) is 33.5 Å². The minimum Gasteiger partial charge on any atom is -0.512 e. The Hall–Kier alpha value is -2.88. The number of fused-ring (bicyclic) bond motifs is 3. The summed E-state index contributed by atoms with van der Waals surface area (Å²) < 4.78 is 0. The predicted molar refractivity (Wildman–Crippen MR) is 180 cm³/mol. The van der Waals surface area contributed by atoms with E-state index in [2.05, 4.69) is 76.0 Å². The van der Waals surface area contributed by atoms with Crippen LogP contribution in [0.4, 0.5) is 0 Å². The average molecular weight is 770 g/mol. The number of allylic oxidation sites excluding steroid dienone is 2. The van der Waals surface area contributed by atoms with Crippen molar-refractivity contribution in [2.45, 2.75) is 99.8 Å². The molecule has 2 aromatic heterocycles. The molecule has 5 rings (SSSR count). The Balaban J connectivity index is 0.000000286. The summed E-state index contributed by atoms with van der Waals surface area (Å²) in [5.41, 5.74) is 7.22. The zero-order valence-corrected chi connectivity index (χ0v) is 30.4. The van der Waals surface area contributed by atoms with Crippen LogP contribution in [0.2, 0.25) is 0 Å². The molecule has 237 valence electrons. The number of hydrogen-bond donors (Lipinski definition) is 1. The maximum absolute atomic E-state index is 11.7. The van der Waals surface area contributed by atoms with E-state index >= 15 is 0 Å². The first-order valence-corrected chi connectivity index (χ1v) is 16.0. The fourth-order valence-electron chi connectivity index (χ4n) is 6.40. The van der Waals surface area contributed by atoms with Gasteiger partial charge >= 0.3 is 0 Å². The molecular weight excluding hydrogens is 721 g/mol. The van der Waals surface area contributed by atoms with Crippen molar-refractivity contribution in [3.05, 3.63) is 83.4 Å². The van der Waals surface area contributed by atoms with E-state index in [9.17, 15) is 9.90 Å². The van der Waals surface area contributed by atoms with Crippen molar-refractivity contribution in [2.24, 2.45) is 17.3 Å². The van der Waals surface area contributed by atoms with E-state index in [1.807, 2.05) is 46.2 Å². The summed E-state index contributed by atoms with van der Waals surface area (Å²) in [7, 11) is 0. The number of benzene rings is 2. The van der Waals surface area contributed by atoms with Crippen molar-refractivity contribution in [2.75, 3.05) is 0 Å². The third kappa shape index (κ3) is 7.32. The van der Waals surface area contributed by atoms with E-state index in [-0.39, 0.29) is 54.3 Å². The molecule has 0 saturated carbocycles. The van der Waals surface area contributed by atoms with Crippen LogP contribution in [0.15, 0.2) is 60.6 Å². The summed E-state index contributed by atoms with van der Waals surface area (Å²) in [5, 5.41) is 13.4. The molecule has 0 amide bonds. The predicted octanol–water partition coefficient (Wildman–Crippen LogP) is 10.3. The largest absolute Gasteiger partial charge is 0.512 e. The Bertz CT molecular complexity index is 1630. The second-order valence-corrected chi connectivity index (χ2v) is 13.7. The van der Waals surface area contributed by atoms with Crippen molar-refractivity contribution in [3.63, 3.8) is 0 Å². The number of ketones is 1. The topological polar surface area (TPSA) is 63.1 Å². The van der Waals surface area contributed by atoms with Crippen molar-refractivity contribution in [1.82, 2.24) is 9.97 Å². The number of aromatic nitrogens is 2. The number of carbonyl (C=O) groups is 1. The van der Waals surface area contributed by atoms with Gasteiger partial charge in [0.25, 0.3) is 0 Å². The summed E-state index contributed by atoms with van der Waals surface area (Å²) in [6.07, 6.45) is 9.90. The second-order valence-electron chi connectivity index (χ2n) is 13.7. The van der Waals surface area contributed by atoms with Crippen LogP contribution in [0, 0.1) is 23.3 Å². The first kappa shape index (κ1) is 35.6. The number of rotatable bonds is 8. The summed E-state index contributed by atoms with van der Waals surface area (Å²) in [5.74, 6) is 0.547. The average Bonchev–Trinajstić information content (AvgIpc) is 2.96. The smallest absolute Gasteiger partial charge is 0.162 e. The Kier molecular flexibility index (Phi) is 11.7. The zero-order valence-electron chi connectivity index (χ0n) is 28.0. The van der Waals surface area contributed by atoms with Crippen LogP contribution in [-0.2, 0) is 36.7 Å². The van der Waals surface area contributed by atoms with E-state index < -0.39 is 0 Å². The molecule has 0 spiro atoms. The molecule has 0 aliphatic heterocycles. The summed E-state index contributed by atoms with van der Waals surface area (Å²) in [4.78, 5) is 21.4. The van der Waals surface area contributed by atoms with Crippen molar-refractivity contribution in [1.29, 1.82) is 0 Å². The molecule has 0 fully saturated rings. The summed E-state index contributed by atoms with van der Waals surface area (Å²) in [6, 6.07) is 16.5. The monoisotopic (exact) mass is 770 g/mol. The van der Waals surface area contributed by atoms with Gasteiger partial charge in [0.15, 0.2) is 5.78 Å². The zero-order chi connectivity index (χ0) is 31.5. The first-order chi connectivity index (χ1) is 20.4. The molecule has 4 nitrogen and oxygen atoms in total. The molecule has 1 N–H and O–H groups in total. The fraction of sp³-hybridized carbons (Fsp3) is 0.462. The maximum atomic E-state index is 11.7. The maximum Gasteiger partial charge on any atom is 0.162 e. The first-order valence-electron chi connectivity index (χ1n) is 16.0. The Labute approximate surface area is 278 Å². The van der Waals surface area contributed by atoms with Crippen LogP contribution in [0.5, 0.6) is 0 Å². The fourth-order valence-corrected chi connectivity index (χ4v) is 6.40. The number of carbonyl (C=O) groups excluding carboxylic acids is 1. The number of aliphatic hydroxyl groups excluding tert-OH is 1. The van der Waals surface area contributed by atoms with Crippen LogP contribution in [0.3, 0.4) is 0 Å². The molecule has 0 saturated heterocycles. The Morgan fingerprint density at radius 1 is 0.977 bits per heavy atom. The number of nitrogens with zero attached hydrogens (tertiary/aromatic N) is 2. The van der Waals surface area contributed by atoms with Gasteiger partial charge in [0, 0.05) is 61.2 Å². The number of aliphatic hydroxyl groups is 1. The van der Waals surface area contributed by atoms with Crippen LogP contribution < -0.4 is 0 Å². The van der Waals surface area contributed by atoms with Gasteiger partial charge in [-0.25, -0.2) is 0 Å². The summed E-state index contributed by atoms with van der Waals surface area (Å²) in [6.45, 7) is 19.5. The van der Waals surface area contributed by atoms with Crippen LogP contribution >= 0.6 is 0 Å². The number of hydrogen-bond acceptors (Lipinski definition) is 4. The van der Waals surface area contributed by atoms with Gasteiger partial charge in [-0.15, -0.1) is 23.8 Å². The third-order valence-corrected chi connectivity index (χ3v) is 9.05. The SMILES string of the molecule is CC(C)(C)Cc1cccc2nc3c(cc12)C(C)(C)c1cncc2cc[c-]c-3c12.CCC(CC)C(=O)/C=C(\O)C(CC)CC.[Ir]. The van der Waals surface area contributed by atoms with Gasteiger partial charge in [-0.05, 0) is 54.8 Å². The van der Waals surface area contributed by atoms with Crippen LogP contribution in [0.1, 0.15) is 105 Å². The minimum absolute atomic E-state index is 0. The van der Waals surface area contributed by atoms with Crippen molar-refractivity contribution >= 4 is 27.5 Å². The van der Waals surface area contributed by atoms with Gasteiger partial charge in [0.1, 0.15) is 0 Å². The molecule has 2 heterocycles. The minimum atomic E-state index is -0.153. The molecule has 0 bridgehead atoms. The normalized spacial score (nSPS) is 13.8. The molecule has 1 aliphatic carbocycles. The molecule has 5 heteroatoms. The molecule has 0 atom stereocenters. The van der Waals surface area contributed by atoms with E-state index in [0.717, 1.165) is 54.3 Å². The molecule has 1 radical (unpaired) electrons. The molecule has 0 unspecified atom stereocenters.